The van der Waals surface area contributed by atoms with E-state index in [2.05, 4.69) is 27.4 Å². The van der Waals surface area contributed by atoms with Gasteiger partial charge in [-0.25, -0.2) is 4.98 Å². The maximum absolute atomic E-state index is 12.5. The number of aromatic nitrogens is 2. The van der Waals surface area contributed by atoms with E-state index in [0.717, 1.165) is 28.2 Å². The van der Waals surface area contributed by atoms with Crippen LogP contribution >= 0.6 is 0 Å². The molecule has 136 valence electrons. The van der Waals surface area contributed by atoms with Crippen LogP contribution in [0.3, 0.4) is 0 Å². The predicted octanol–water partition coefficient (Wildman–Crippen LogP) is 4.19. The van der Waals surface area contributed by atoms with Gasteiger partial charge in [-0.3, -0.25) is 4.79 Å². The zero-order valence-corrected chi connectivity index (χ0v) is 14.9. The van der Waals surface area contributed by atoms with Crippen LogP contribution in [0.1, 0.15) is 29.6 Å². The zero-order valence-electron chi connectivity index (χ0n) is 14.9. The Hall–Kier alpha value is -3.34. The molecule has 5 heteroatoms. The van der Waals surface area contributed by atoms with Crippen molar-refractivity contribution in [2.75, 3.05) is 0 Å². The molecule has 0 bridgehead atoms. The van der Waals surface area contributed by atoms with Crippen molar-refractivity contribution in [3.05, 3.63) is 90.1 Å². The Balaban J connectivity index is 1.52. The number of fused-ring (bicyclic) bond motifs is 1. The molecule has 27 heavy (non-hydrogen) atoms. The van der Waals surface area contributed by atoms with E-state index in [0.29, 0.717) is 19.3 Å². The van der Waals surface area contributed by atoms with E-state index in [9.17, 15) is 4.79 Å². The second-order valence-corrected chi connectivity index (χ2v) is 6.53. The maximum Gasteiger partial charge on any atom is 0.221 e. The van der Waals surface area contributed by atoms with Gasteiger partial charge in [0.25, 0.3) is 0 Å². The molecule has 0 aliphatic heterocycles. The van der Waals surface area contributed by atoms with Crippen molar-refractivity contribution in [3.8, 4) is 0 Å². The van der Waals surface area contributed by atoms with E-state index < -0.39 is 0 Å². The van der Waals surface area contributed by atoms with E-state index in [1.807, 2.05) is 54.6 Å². The topological polar surface area (TPSA) is 70.9 Å². The zero-order chi connectivity index (χ0) is 18.5. The summed E-state index contributed by atoms with van der Waals surface area (Å²) in [5.74, 6) is 1.56. The van der Waals surface area contributed by atoms with Crippen molar-refractivity contribution < 1.29 is 9.21 Å². The summed E-state index contributed by atoms with van der Waals surface area (Å²) in [4.78, 5) is 20.6. The third-order valence-electron chi connectivity index (χ3n) is 4.53. The van der Waals surface area contributed by atoms with E-state index in [1.54, 1.807) is 6.26 Å². The minimum atomic E-state index is -0.219. The van der Waals surface area contributed by atoms with Gasteiger partial charge in [-0.2, -0.15) is 0 Å². The second kappa shape index (κ2) is 7.91. The van der Waals surface area contributed by atoms with Crippen molar-refractivity contribution in [1.82, 2.24) is 15.3 Å². The van der Waals surface area contributed by atoms with Gasteiger partial charge in [-0.15, -0.1) is 0 Å². The fourth-order valence-electron chi connectivity index (χ4n) is 3.16. The van der Waals surface area contributed by atoms with Crippen molar-refractivity contribution in [3.63, 3.8) is 0 Å². The fourth-order valence-corrected chi connectivity index (χ4v) is 3.16. The van der Waals surface area contributed by atoms with Gasteiger partial charge in [0.2, 0.25) is 5.91 Å². The quantitative estimate of drug-likeness (QED) is 0.520. The summed E-state index contributed by atoms with van der Waals surface area (Å²) in [5, 5.41) is 3.13. The van der Waals surface area contributed by atoms with Crippen molar-refractivity contribution >= 4 is 16.9 Å². The molecule has 2 heterocycles. The molecule has 1 amide bonds. The van der Waals surface area contributed by atoms with E-state index in [-0.39, 0.29) is 11.9 Å². The number of amides is 1. The Labute approximate surface area is 157 Å². The summed E-state index contributed by atoms with van der Waals surface area (Å²) in [5.41, 5.74) is 3.01. The van der Waals surface area contributed by atoms with Gasteiger partial charge >= 0.3 is 0 Å². The molecule has 4 aromatic rings. The number of hydrogen-bond donors (Lipinski definition) is 2. The minimum Gasteiger partial charge on any atom is -0.469 e. The number of aromatic amines is 1. The van der Waals surface area contributed by atoms with Crippen LogP contribution in [0.5, 0.6) is 0 Å². The van der Waals surface area contributed by atoms with Gasteiger partial charge < -0.3 is 14.7 Å². The van der Waals surface area contributed by atoms with Crippen LogP contribution in [-0.4, -0.2) is 15.9 Å². The lowest BCUT2D eigenvalue weighted by molar-refractivity contribution is -0.121. The number of imidazole rings is 1. The fraction of sp³-hybridized carbons (Fsp3) is 0.182. The highest BCUT2D eigenvalue weighted by atomic mass is 16.3. The summed E-state index contributed by atoms with van der Waals surface area (Å²) in [6, 6.07) is 21.5. The summed E-state index contributed by atoms with van der Waals surface area (Å²) in [6.07, 6.45) is 3.25. The lowest BCUT2D eigenvalue weighted by Gasteiger charge is -2.17. The van der Waals surface area contributed by atoms with Crippen LogP contribution < -0.4 is 5.32 Å². The van der Waals surface area contributed by atoms with Gasteiger partial charge in [-0.05, 0) is 36.2 Å². The summed E-state index contributed by atoms with van der Waals surface area (Å²) in [7, 11) is 0. The van der Waals surface area contributed by atoms with Crippen LogP contribution in [0.15, 0.2) is 77.4 Å². The lowest BCUT2D eigenvalue weighted by Crippen LogP contribution is -2.30. The first-order valence-electron chi connectivity index (χ1n) is 9.08. The standard InChI is InChI=1S/C22H21N3O2/c26-21(13-12-17-9-6-14-27-17)23-20(15-16-7-2-1-3-8-16)22-24-18-10-4-5-11-19(18)25-22/h1-11,14,20H,12-13,15H2,(H,23,26)(H,24,25)/t20-/m0/s1. The highest BCUT2D eigenvalue weighted by Crippen LogP contribution is 2.20. The third kappa shape index (κ3) is 4.26. The average molecular weight is 359 g/mol. The first-order valence-corrected chi connectivity index (χ1v) is 9.08. The molecule has 2 aromatic carbocycles. The number of nitrogens with one attached hydrogen (secondary N) is 2. The molecule has 0 spiro atoms. The molecule has 0 saturated carbocycles. The van der Waals surface area contributed by atoms with E-state index >= 15 is 0 Å². The molecular weight excluding hydrogens is 338 g/mol. The number of hydrogen-bond acceptors (Lipinski definition) is 3. The number of para-hydroxylation sites is 2. The first-order chi connectivity index (χ1) is 13.3. The first kappa shape index (κ1) is 17.1. The van der Waals surface area contributed by atoms with Crippen LogP contribution in [0.2, 0.25) is 0 Å². The number of benzene rings is 2. The van der Waals surface area contributed by atoms with E-state index in [1.165, 1.54) is 0 Å². The summed E-state index contributed by atoms with van der Waals surface area (Å²) < 4.78 is 5.31. The number of carbonyl (C=O) groups excluding carboxylic acids is 1. The highest BCUT2D eigenvalue weighted by Gasteiger charge is 2.19. The molecule has 0 fully saturated rings. The Morgan fingerprint density at radius 3 is 2.63 bits per heavy atom. The molecule has 0 saturated heterocycles. The summed E-state index contributed by atoms with van der Waals surface area (Å²) in [6.45, 7) is 0. The number of rotatable bonds is 7. The molecular formula is C22H21N3O2. The Morgan fingerprint density at radius 1 is 1.04 bits per heavy atom. The largest absolute Gasteiger partial charge is 0.469 e. The van der Waals surface area contributed by atoms with Gasteiger partial charge in [0, 0.05) is 12.8 Å². The van der Waals surface area contributed by atoms with Crippen LogP contribution in [0.25, 0.3) is 11.0 Å². The summed E-state index contributed by atoms with van der Waals surface area (Å²) >= 11 is 0. The number of H-pyrrole nitrogens is 1. The Bertz CT molecular complexity index is 973. The number of nitrogens with zero attached hydrogens (tertiary/aromatic N) is 1. The van der Waals surface area contributed by atoms with Gasteiger partial charge in [-0.1, -0.05) is 42.5 Å². The second-order valence-electron chi connectivity index (χ2n) is 6.53. The van der Waals surface area contributed by atoms with Gasteiger partial charge in [0.05, 0.1) is 23.3 Å². The molecule has 0 unspecified atom stereocenters. The normalized spacial score (nSPS) is 12.1. The number of furan rings is 1. The Morgan fingerprint density at radius 2 is 1.85 bits per heavy atom. The molecule has 2 N–H and O–H groups in total. The van der Waals surface area contributed by atoms with Crippen molar-refractivity contribution in [1.29, 1.82) is 0 Å². The Kier molecular flexibility index (Phi) is 5.01. The number of carbonyl (C=O) groups is 1. The maximum atomic E-state index is 12.5. The number of aryl methyl sites for hydroxylation is 1. The molecule has 1 atom stereocenters. The van der Waals surface area contributed by atoms with Crippen LogP contribution in [-0.2, 0) is 17.6 Å². The molecule has 0 aliphatic rings. The molecule has 0 aliphatic carbocycles. The van der Waals surface area contributed by atoms with Crippen molar-refractivity contribution in [2.45, 2.75) is 25.3 Å². The van der Waals surface area contributed by atoms with E-state index in [4.69, 9.17) is 4.42 Å². The van der Waals surface area contributed by atoms with Crippen LogP contribution in [0.4, 0.5) is 0 Å². The molecule has 5 nitrogen and oxygen atoms in total. The minimum absolute atomic E-state index is 0.0206. The monoisotopic (exact) mass is 359 g/mol. The third-order valence-corrected chi connectivity index (χ3v) is 4.53. The van der Waals surface area contributed by atoms with Gasteiger partial charge in [0.1, 0.15) is 11.6 Å². The predicted molar refractivity (Wildman–Crippen MR) is 104 cm³/mol. The smallest absolute Gasteiger partial charge is 0.221 e. The molecule has 0 radical (unpaired) electrons. The SMILES string of the molecule is O=C(CCc1ccco1)N[C@@H](Cc1ccccc1)c1nc2ccccc2[nH]1. The average Bonchev–Trinajstić information content (AvgIpc) is 3.36. The highest BCUT2D eigenvalue weighted by molar-refractivity contribution is 5.77. The van der Waals surface area contributed by atoms with Gasteiger partial charge in [0.15, 0.2) is 0 Å². The van der Waals surface area contributed by atoms with Crippen LogP contribution in [0, 0.1) is 0 Å². The lowest BCUT2D eigenvalue weighted by atomic mass is 10.1. The molecule has 2 aromatic heterocycles. The molecule has 4 rings (SSSR count). The van der Waals surface area contributed by atoms with Crippen molar-refractivity contribution in [2.24, 2.45) is 0 Å².